The Hall–Kier alpha value is -1.59. The number of hydrogen-bond donors (Lipinski definition) is 1. The van der Waals surface area contributed by atoms with Crippen LogP contribution in [-0.2, 0) is 15.9 Å². The van der Waals surface area contributed by atoms with Crippen molar-refractivity contribution in [1.82, 2.24) is 10.2 Å². The topological polar surface area (TPSA) is 46.1 Å². The van der Waals surface area contributed by atoms with Crippen LogP contribution in [0.15, 0.2) is 29.3 Å². The van der Waals surface area contributed by atoms with Gasteiger partial charge in [0.25, 0.3) is 0 Å². The van der Waals surface area contributed by atoms with Gasteiger partial charge < -0.3 is 19.7 Å². The maximum atomic E-state index is 6.12. The SMILES string of the molecule is CN=C(NCCc1ccccc1C)N1CCC(OCC2CCCCO2)CC1. The summed E-state index contributed by atoms with van der Waals surface area (Å²) in [6, 6.07) is 8.59. The summed E-state index contributed by atoms with van der Waals surface area (Å²) < 4.78 is 11.9. The smallest absolute Gasteiger partial charge is 0.193 e. The molecule has 27 heavy (non-hydrogen) atoms. The van der Waals surface area contributed by atoms with E-state index in [-0.39, 0.29) is 0 Å². The monoisotopic (exact) mass is 373 g/mol. The van der Waals surface area contributed by atoms with E-state index < -0.39 is 0 Å². The Morgan fingerprint density at radius 3 is 2.74 bits per heavy atom. The third-order valence-corrected chi connectivity index (χ3v) is 5.68. The van der Waals surface area contributed by atoms with E-state index in [0.717, 1.165) is 64.5 Å². The molecule has 2 aliphatic rings. The molecule has 0 aliphatic carbocycles. The highest BCUT2D eigenvalue weighted by Crippen LogP contribution is 2.18. The van der Waals surface area contributed by atoms with Crippen molar-refractivity contribution in [1.29, 1.82) is 0 Å². The van der Waals surface area contributed by atoms with Crippen molar-refractivity contribution < 1.29 is 9.47 Å². The van der Waals surface area contributed by atoms with Crippen molar-refractivity contribution in [3.63, 3.8) is 0 Å². The summed E-state index contributed by atoms with van der Waals surface area (Å²) in [6.07, 6.45) is 7.44. The van der Waals surface area contributed by atoms with E-state index in [2.05, 4.69) is 46.4 Å². The van der Waals surface area contributed by atoms with Gasteiger partial charge in [-0.25, -0.2) is 0 Å². The first-order valence-electron chi connectivity index (χ1n) is 10.5. The highest BCUT2D eigenvalue weighted by Gasteiger charge is 2.23. The quantitative estimate of drug-likeness (QED) is 0.615. The fraction of sp³-hybridized carbons (Fsp3) is 0.682. The van der Waals surface area contributed by atoms with Gasteiger partial charge in [-0.1, -0.05) is 24.3 Å². The minimum atomic E-state index is 0.313. The lowest BCUT2D eigenvalue weighted by molar-refractivity contribution is -0.0721. The predicted molar refractivity (Wildman–Crippen MR) is 110 cm³/mol. The van der Waals surface area contributed by atoms with Crippen molar-refractivity contribution in [3.05, 3.63) is 35.4 Å². The fourth-order valence-electron chi connectivity index (χ4n) is 3.95. The van der Waals surface area contributed by atoms with Gasteiger partial charge in [0.2, 0.25) is 0 Å². The zero-order valence-corrected chi connectivity index (χ0v) is 17.0. The molecular formula is C22H35N3O2. The predicted octanol–water partition coefficient (Wildman–Crippen LogP) is 3.16. The van der Waals surface area contributed by atoms with Crippen LogP contribution < -0.4 is 5.32 Å². The number of nitrogens with one attached hydrogen (secondary N) is 1. The Labute approximate surface area is 164 Å². The molecule has 5 heteroatoms. The maximum Gasteiger partial charge on any atom is 0.193 e. The van der Waals surface area contributed by atoms with E-state index in [1.807, 2.05) is 7.05 Å². The number of aryl methyl sites for hydroxylation is 1. The van der Waals surface area contributed by atoms with Crippen LogP contribution in [0.2, 0.25) is 0 Å². The molecule has 1 N–H and O–H groups in total. The van der Waals surface area contributed by atoms with Crippen molar-refractivity contribution in [2.45, 2.75) is 57.7 Å². The number of ether oxygens (including phenoxy) is 2. The normalized spacial score (nSPS) is 22.1. The van der Waals surface area contributed by atoms with Gasteiger partial charge in [0.15, 0.2) is 5.96 Å². The van der Waals surface area contributed by atoms with Crippen LogP contribution in [0.3, 0.4) is 0 Å². The largest absolute Gasteiger partial charge is 0.376 e. The average Bonchev–Trinajstić information content (AvgIpc) is 2.72. The number of nitrogens with zero attached hydrogens (tertiary/aromatic N) is 2. The van der Waals surface area contributed by atoms with E-state index in [1.54, 1.807) is 0 Å². The van der Waals surface area contributed by atoms with Crippen molar-refractivity contribution in [2.24, 2.45) is 4.99 Å². The molecule has 1 unspecified atom stereocenters. The molecule has 2 aliphatic heterocycles. The minimum absolute atomic E-state index is 0.313. The number of aliphatic imine (C=N–C) groups is 1. The first kappa shape index (κ1) is 20.2. The van der Waals surface area contributed by atoms with E-state index in [0.29, 0.717) is 12.2 Å². The summed E-state index contributed by atoms with van der Waals surface area (Å²) in [7, 11) is 1.87. The molecule has 1 atom stereocenters. The van der Waals surface area contributed by atoms with Gasteiger partial charge in [0.05, 0.1) is 18.8 Å². The van der Waals surface area contributed by atoms with Gasteiger partial charge in [-0.15, -0.1) is 0 Å². The number of rotatable bonds is 6. The highest BCUT2D eigenvalue weighted by atomic mass is 16.5. The summed E-state index contributed by atoms with van der Waals surface area (Å²) in [5.41, 5.74) is 2.76. The van der Waals surface area contributed by atoms with E-state index >= 15 is 0 Å². The Kier molecular flexibility index (Phi) is 7.96. The standard InChI is InChI=1S/C22H35N3O2/c1-18-7-3-4-8-19(18)10-13-24-22(23-2)25-14-11-20(12-15-25)27-17-21-9-5-6-16-26-21/h3-4,7-8,20-21H,5-6,9-17H2,1-2H3,(H,23,24). The Morgan fingerprint density at radius 1 is 1.22 bits per heavy atom. The highest BCUT2D eigenvalue weighted by molar-refractivity contribution is 5.80. The van der Waals surface area contributed by atoms with Crippen LogP contribution in [0, 0.1) is 6.92 Å². The third-order valence-electron chi connectivity index (χ3n) is 5.68. The molecule has 1 aromatic carbocycles. The molecule has 0 bridgehead atoms. The van der Waals surface area contributed by atoms with Gasteiger partial charge >= 0.3 is 0 Å². The lowest BCUT2D eigenvalue weighted by Gasteiger charge is -2.35. The number of guanidine groups is 1. The van der Waals surface area contributed by atoms with Crippen molar-refractivity contribution in [3.8, 4) is 0 Å². The van der Waals surface area contributed by atoms with Crippen molar-refractivity contribution >= 4 is 5.96 Å². The van der Waals surface area contributed by atoms with Gasteiger partial charge in [0.1, 0.15) is 0 Å². The molecule has 0 spiro atoms. The van der Waals surface area contributed by atoms with E-state index in [4.69, 9.17) is 9.47 Å². The molecule has 150 valence electrons. The van der Waals surface area contributed by atoms with E-state index in [1.165, 1.54) is 24.0 Å². The molecule has 2 saturated heterocycles. The van der Waals surface area contributed by atoms with Gasteiger partial charge in [-0.05, 0) is 56.6 Å². The maximum absolute atomic E-state index is 6.12. The molecule has 0 radical (unpaired) electrons. The van der Waals surface area contributed by atoms with E-state index in [9.17, 15) is 0 Å². The van der Waals surface area contributed by atoms with Crippen LogP contribution in [0.25, 0.3) is 0 Å². The Morgan fingerprint density at radius 2 is 2.04 bits per heavy atom. The number of likely N-dealkylation sites (tertiary alicyclic amines) is 1. The second kappa shape index (κ2) is 10.7. The summed E-state index contributed by atoms with van der Waals surface area (Å²) >= 11 is 0. The van der Waals surface area contributed by atoms with Crippen LogP contribution in [0.1, 0.15) is 43.2 Å². The van der Waals surface area contributed by atoms with Crippen LogP contribution in [0.5, 0.6) is 0 Å². The fourth-order valence-corrected chi connectivity index (χ4v) is 3.95. The zero-order chi connectivity index (χ0) is 18.9. The van der Waals surface area contributed by atoms with Crippen LogP contribution in [0.4, 0.5) is 0 Å². The van der Waals surface area contributed by atoms with Gasteiger partial charge in [0, 0.05) is 33.3 Å². The molecule has 0 amide bonds. The summed E-state index contributed by atoms with van der Waals surface area (Å²) in [6.45, 7) is 6.74. The molecule has 0 aromatic heterocycles. The second-order valence-corrected chi connectivity index (χ2v) is 7.66. The molecule has 0 saturated carbocycles. The summed E-state index contributed by atoms with van der Waals surface area (Å²) in [5.74, 6) is 1.01. The molecule has 3 rings (SSSR count). The van der Waals surface area contributed by atoms with Crippen molar-refractivity contribution in [2.75, 3.05) is 39.9 Å². The minimum Gasteiger partial charge on any atom is -0.376 e. The summed E-state index contributed by atoms with van der Waals surface area (Å²) in [5, 5.41) is 3.53. The lowest BCUT2D eigenvalue weighted by atomic mass is 10.1. The van der Waals surface area contributed by atoms with Gasteiger partial charge in [-0.3, -0.25) is 4.99 Å². The summed E-state index contributed by atoms with van der Waals surface area (Å²) in [4.78, 5) is 6.84. The molecule has 2 fully saturated rings. The van der Waals surface area contributed by atoms with Crippen LogP contribution in [-0.4, -0.2) is 63.0 Å². The molecule has 1 aromatic rings. The lowest BCUT2D eigenvalue weighted by Crippen LogP contribution is -2.47. The second-order valence-electron chi connectivity index (χ2n) is 7.66. The first-order chi connectivity index (χ1) is 13.3. The Bertz CT molecular complexity index is 591. The number of hydrogen-bond acceptors (Lipinski definition) is 3. The van der Waals surface area contributed by atoms with Gasteiger partial charge in [-0.2, -0.15) is 0 Å². The average molecular weight is 374 g/mol. The molecular weight excluding hydrogens is 338 g/mol. The Balaban J connectivity index is 1.36. The van der Waals surface area contributed by atoms with Crippen LogP contribution >= 0.6 is 0 Å². The number of benzene rings is 1. The molecule has 2 heterocycles. The third kappa shape index (κ3) is 6.22. The number of piperidine rings is 1. The zero-order valence-electron chi connectivity index (χ0n) is 17.0. The first-order valence-corrected chi connectivity index (χ1v) is 10.5. The molecule has 5 nitrogen and oxygen atoms in total.